The van der Waals surface area contributed by atoms with Gasteiger partial charge in [-0.3, -0.25) is 0 Å². The lowest BCUT2D eigenvalue weighted by atomic mass is 10.1. The average molecular weight is 291 g/mol. The minimum Gasteiger partial charge on any atom is -0.409 e. The lowest BCUT2D eigenvalue weighted by Crippen LogP contribution is -2.23. The summed E-state index contributed by atoms with van der Waals surface area (Å²) >= 11 is 0. The van der Waals surface area contributed by atoms with E-state index < -0.39 is 11.6 Å². The Bertz CT molecular complexity index is 674. The van der Waals surface area contributed by atoms with E-state index in [0.29, 0.717) is 17.9 Å². The second-order valence-corrected chi connectivity index (χ2v) is 4.34. The Labute approximate surface area is 121 Å². The summed E-state index contributed by atoms with van der Waals surface area (Å²) in [5.74, 6) is -1.17. The summed E-state index contributed by atoms with van der Waals surface area (Å²) in [5, 5.41) is 11.7. The van der Waals surface area contributed by atoms with Gasteiger partial charge in [0.25, 0.3) is 0 Å². The van der Waals surface area contributed by atoms with Crippen molar-refractivity contribution in [1.29, 1.82) is 0 Å². The molecule has 0 radical (unpaired) electrons. The van der Waals surface area contributed by atoms with Gasteiger partial charge in [-0.15, -0.1) is 0 Å². The standard InChI is InChI=1S/C15H15F2N3O/c1-2-20(14-6-4-3-5-12(14)17)13-8-7-10(16)9-11(13)15(18)19-21/h3-9,21H,2H2,1H3,(H2,18,19). The van der Waals surface area contributed by atoms with Gasteiger partial charge in [0.1, 0.15) is 11.6 Å². The first-order valence-corrected chi connectivity index (χ1v) is 6.38. The SMILES string of the molecule is CCN(c1ccccc1F)c1ccc(F)cc1C(N)=NO. The van der Waals surface area contributed by atoms with Gasteiger partial charge in [-0.2, -0.15) is 0 Å². The summed E-state index contributed by atoms with van der Waals surface area (Å²) in [6.45, 7) is 2.25. The minimum absolute atomic E-state index is 0.197. The van der Waals surface area contributed by atoms with Crippen molar-refractivity contribution in [2.75, 3.05) is 11.4 Å². The lowest BCUT2D eigenvalue weighted by molar-refractivity contribution is 0.318. The van der Waals surface area contributed by atoms with Gasteiger partial charge in [0, 0.05) is 12.1 Å². The predicted octanol–water partition coefficient (Wildman–Crippen LogP) is 3.22. The highest BCUT2D eigenvalue weighted by atomic mass is 19.1. The van der Waals surface area contributed by atoms with Crippen molar-refractivity contribution in [2.45, 2.75) is 6.92 Å². The number of benzene rings is 2. The van der Waals surface area contributed by atoms with E-state index in [1.807, 2.05) is 6.92 Å². The van der Waals surface area contributed by atoms with Crippen LogP contribution < -0.4 is 10.6 Å². The van der Waals surface area contributed by atoms with Crippen molar-refractivity contribution >= 4 is 17.2 Å². The first-order valence-electron chi connectivity index (χ1n) is 6.38. The number of hydrogen-bond acceptors (Lipinski definition) is 3. The van der Waals surface area contributed by atoms with Gasteiger partial charge in [0.05, 0.1) is 11.4 Å². The number of hydrogen-bond donors (Lipinski definition) is 2. The van der Waals surface area contributed by atoms with Crippen LogP contribution in [0, 0.1) is 11.6 Å². The monoisotopic (exact) mass is 291 g/mol. The van der Waals surface area contributed by atoms with Crippen LogP contribution in [-0.4, -0.2) is 17.6 Å². The Morgan fingerprint density at radius 1 is 1.19 bits per heavy atom. The molecule has 0 aromatic heterocycles. The van der Waals surface area contributed by atoms with Crippen molar-refractivity contribution in [2.24, 2.45) is 10.9 Å². The van der Waals surface area contributed by atoms with E-state index in [0.717, 1.165) is 6.07 Å². The fourth-order valence-corrected chi connectivity index (χ4v) is 2.14. The highest BCUT2D eigenvalue weighted by molar-refractivity contribution is 6.03. The maximum atomic E-state index is 14.0. The molecule has 0 spiro atoms. The summed E-state index contributed by atoms with van der Waals surface area (Å²) in [4.78, 5) is 1.63. The van der Waals surface area contributed by atoms with Gasteiger partial charge in [-0.25, -0.2) is 8.78 Å². The molecular weight excluding hydrogens is 276 g/mol. The van der Waals surface area contributed by atoms with Crippen LogP contribution >= 0.6 is 0 Å². The molecule has 4 nitrogen and oxygen atoms in total. The van der Waals surface area contributed by atoms with Crippen LogP contribution in [0.4, 0.5) is 20.2 Å². The number of para-hydroxylation sites is 1. The highest BCUT2D eigenvalue weighted by Gasteiger charge is 2.17. The summed E-state index contributed by atoms with van der Waals surface area (Å²) < 4.78 is 27.4. The Morgan fingerprint density at radius 3 is 2.52 bits per heavy atom. The zero-order chi connectivity index (χ0) is 15.4. The normalized spacial score (nSPS) is 11.5. The molecule has 2 aromatic carbocycles. The third-order valence-electron chi connectivity index (χ3n) is 3.09. The van der Waals surface area contributed by atoms with E-state index >= 15 is 0 Å². The van der Waals surface area contributed by atoms with Crippen molar-refractivity contribution in [3.8, 4) is 0 Å². The van der Waals surface area contributed by atoms with Crippen LogP contribution in [0.25, 0.3) is 0 Å². The second kappa shape index (κ2) is 6.21. The van der Waals surface area contributed by atoms with Crippen molar-refractivity contribution in [3.05, 3.63) is 59.7 Å². The quantitative estimate of drug-likeness (QED) is 0.393. The predicted molar refractivity (Wildman–Crippen MR) is 78.0 cm³/mol. The molecule has 6 heteroatoms. The smallest absolute Gasteiger partial charge is 0.172 e. The Kier molecular flexibility index (Phi) is 4.37. The molecule has 0 aliphatic heterocycles. The van der Waals surface area contributed by atoms with E-state index in [-0.39, 0.29) is 11.4 Å². The maximum absolute atomic E-state index is 14.0. The number of halogens is 2. The number of amidine groups is 1. The van der Waals surface area contributed by atoms with Gasteiger partial charge in [0.2, 0.25) is 0 Å². The molecule has 110 valence electrons. The van der Waals surface area contributed by atoms with Crippen LogP contribution in [0.1, 0.15) is 12.5 Å². The third kappa shape index (κ3) is 2.94. The first kappa shape index (κ1) is 14.8. The Hall–Kier alpha value is -2.63. The van der Waals surface area contributed by atoms with E-state index in [2.05, 4.69) is 5.16 Å². The molecule has 3 N–H and O–H groups in total. The molecule has 21 heavy (non-hydrogen) atoms. The number of anilines is 2. The summed E-state index contributed by atoms with van der Waals surface area (Å²) in [6, 6.07) is 10.1. The zero-order valence-corrected chi connectivity index (χ0v) is 11.4. The molecule has 0 unspecified atom stereocenters. The van der Waals surface area contributed by atoms with Gasteiger partial charge in [-0.05, 0) is 37.3 Å². The van der Waals surface area contributed by atoms with Gasteiger partial charge >= 0.3 is 0 Å². The molecule has 2 rings (SSSR count). The van der Waals surface area contributed by atoms with Crippen LogP contribution in [-0.2, 0) is 0 Å². The van der Waals surface area contributed by atoms with Crippen molar-refractivity contribution in [3.63, 3.8) is 0 Å². The van der Waals surface area contributed by atoms with Crippen molar-refractivity contribution < 1.29 is 14.0 Å². The molecule has 0 atom stereocenters. The number of nitrogens with zero attached hydrogens (tertiary/aromatic N) is 2. The molecule has 2 aromatic rings. The molecule has 0 amide bonds. The fourth-order valence-electron chi connectivity index (χ4n) is 2.14. The topological polar surface area (TPSA) is 61.8 Å². The van der Waals surface area contributed by atoms with Crippen LogP contribution in [0.15, 0.2) is 47.6 Å². The molecule has 0 saturated carbocycles. The van der Waals surface area contributed by atoms with Gasteiger partial charge in [0.15, 0.2) is 5.84 Å². The van der Waals surface area contributed by atoms with Crippen molar-refractivity contribution in [1.82, 2.24) is 0 Å². The summed E-state index contributed by atoms with van der Waals surface area (Å²) in [6.07, 6.45) is 0. The number of rotatable bonds is 4. The Morgan fingerprint density at radius 2 is 1.90 bits per heavy atom. The molecule has 0 aliphatic carbocycles. The van der Waals surface area contributed by atoms with E-state index in [9.17, 15) is 8.78 Å². The molecular formula is C15H15F2N3O. The second-order valence-electron chi connectivity index (χ2n) is 4.34. The molecule has 0 bridgehead atoms. The number of oxime groups is 1. The summed E-state index contributed by atoms with van der Waals surface area (Å²) in [5.41, 5.74) is 6.57. The average Bonchev–Trinajstić information content (AvgIpc) is 2.50. The number of nitrogens with two attached hydrogens (primary N) is 1. The van der Waals surface area contributed by atoms with Gasteiger partial charge < -0.3 is 15.8 Å². The van der Waals surface area contributed by atoms with Crippen LogP contribution in [0.5, 0.6) is 0 Å². The van der Waals surface area contributed by atoms with Crippen LogP contribution in [0.3, 0.4) is 0 Å². The highest BCUT2D eigenvalue weighted by Crippen LogP contribution is 2.30. The minimum atomic E-state index is -0.523. The lowest BCUT2D eigenvalue weighted by Gasteiger charge is -2.26. The Balaban J connectivity index is 2.61. The molecule has 0 saturated heterocycles. The molecule has 0 aliphatic rings. The van der Waals surface area contributed by atoms with E-state index in [1.54, 1.807) is 23.1 Å². The third-order valence-corrected chi connectivity index (χ3v) is 3.09. The molecule has 0 fully saturated rings. The largest absolute Gasteiger partial charge is 0.409 e. The zero-order valence-electron chi connectivity index (χ0n) is 11.4. The van der Waals surface area contributed by atoms with E-state index in [1.165, 1.54) is 18.2 Å². The maximum Gasteiger partial charge on any atom is 0.172 e. The van der Waals surface area contributed by atoms with Gasteiger partial charge in [-0.1, -0.05) is 17.3 Å². The van der Waals surface area contributed by atoms with E-state index in [4.69, 9.17) is 10.9 Å². The fraction of sp³-hybridized carbons (Fsp3) is 0.133. The van der Waals surface area contributed by atoms with Crippen LogP contribution in [0.2, 0.25) is 0 Å². The first-order chi connectivity index (χ1) is 10.1. The summed E-state index contributed by atoms with van der Waals surface area (Å²) in [7, 11) is 0. The molecule has 0 heterocycles.